The average Bonchev–Trinajstić information content (AvgIpc) is 2.84. The largest absolute Gasteiger partial charge is 0.463 e. The molecule has 0 N–H and O–H groups in total. The monoisotopic (exact) mass is 440 g/mol. The lowest BCUT2D eigenvalue weighted by Gasteiger charge is -2.35. The molecule has 0 spiro atoms. The van der Waals surface area contributed by atoms with Crippen LogP contribution in [0.1, 0.15) is 54.4 Å². The van der Waals surface area contributed by atoms with Crippen LogP contribution in [0.25, 0.3) is 0 Å². The molecule has 0 unspecified atom stereocenters. The number of rotatable bonds is 7. The van der Waals surface area contributed by atoms with Gasteiger partial charge < -0.3 is 19.1 Å². The summed E-state index contributed by atoms with van der Waals surface area (Å²) in [6.45, 7) is 11.6. The van der Waals surface area contributed by atoms with Crippen molar-refractivity contribution >= 4 is 18.0 Å². The molecule has 1 amide bonds. The molecule has 0 aromatic heterocycles. The van der Waals surface area contributed by atoms with E-state index in [0.29, 0.717) is 19.4 Å². The van der Waals surface area contributed by atoms with Crippen LogP contribution >= 0.6 is 0 Å². The molecule has 0 fully saturated rings. The van der Waals surface area contributed by atoms with Gasteiger partial charge in [-0.2, -0.15) is 0 Å². The van der Waals surface area contributed by atoms with Crippen molar-refractivity contribution in [3.8, 4) is 0 Å². The Hall–Kier alpha value is -2.09. The number of carbonyl (C=O) groups is 3. The Morgan fingerprint density at radius 2 is 1.26 bits per heavy atom. The number of nitrogens with zero attached hydrogens (tertiary/aromatic N) is 2. The SMILES string of the molecule is CN(C)CCOC(=O)N1[C@@H](COC(=O)C(C)(C)C)CC=CC[C@H]1COC(=O)C(C)(C)C. The third-order valence-electron chi connectivity index (χ3n) is 4.78. The Morgan fingerprint density at radius 3 is 1.61 bits per heavy atom. The minimum atomic E-state index is -0.640. The smallest absolute Gasteiger partial charge is 0.410 e. The van der Waals surface area contributed by atoms with Crippen LogP contribution in [0.3, 0.4) is 0 Å². The van der Waals surface area contributed by atoms with Crippen molar-refractivity contribution in [1.29, 1.82) is 0 Å². The summed E-state index contributed by atoms with van der Waals surface area (Å²) < 4.78 is 16.5. The average molecular weight is 441 g/mol. The van der Waals surface area contributed by atoms with Crippen LogP contribution in [-0.2, 0) is 23.8 Å². The molecule has 0 saturated carbocycles. The van der Waals surface area contributed by atoms with Crippen molar-refractivity contribution in [2.45, 2.75) is 66.5 Å². The molecule has 1 rings (SSSR count). The van der Waals surface area contributed by atoms with Gasteiger partial charge in [0.25, 0.3) is 0 Å². The highest BCUT2D eigenvalue weighted by Crippen LogP contribution is 2.23. The van der Waals surface area contributed by atoms with Crippen LogP contribution in [0.4, 0.5) is 4.79 Å². The van der Waals surface area contributed by atoms with E-state index in [1.807, 2.05) is 31.1 Å². The summed E-state index contributed by atoms with van der Waals surface area (Å²) >= 11 is 0. The number of carbonyl (C=O) groups excluding carboxylic acids is 3. The topological polar surface area (TPSA) is 85.4 Å². The molecule has 8 heteroatoms. The second-order valence-electron chi connectivity index (χ2n) is 10.3. The van der Waals surface area contributed by atoms with E-state index in [4.69, 9.17) is 14.2 Å². The van der Waals surface area contributed by atoms with Crippen LogP contribution in [0, 0.1) is 10.8 Å². The molecule has 0 radical (unpaired) electrons. The number of likely N-dealkylation sites (N-methyl/N-ethyl adjacent to an activating group) is 1. The summed E-state index contributed by atoms with van der Waals surface area (Å²) in [4.78, 5) is 41.1. The number of ether oxygens (including phenoxy) is 3. The lowest BCUT2D eigenvalue weighted by molar-refractivity contribution is -0.156. The van der Waals surface area contributed by atoms with Gasteiger partial charge in [-0.3, -0.25) is 14.5 Å². The van der Waals surface area contributed by atoms with Gasteiger partial charge in [-0.25, -0.2) is 4.79 Å². The van der Waals surface area contributed by atoms with E-state index < -0.39 is 29.0 Å². The molecule has 1 heterocycles. The van der Waals surface area contributed by atoms with E-state index in [2.05, 4.69) is 0 Å². The van der Waals surface area contributed by atoms with Gasteiger partial charge in [0.1, 0.15) is 19.8 Å². The van der Waals surface area contributed by atoms with Crippen LogP contribution in [0.15, 0.2) is 12.2 Å². The predicted molar refractivity (Wildman–Crippen MR) is 119 cm³/mol. The van der Waals surface area contributed by atoms with Crippen LogP contribution in [0.5, 0.6) is 0 Å². The van der Waals surface area contributed by atoms with E-state index in [0.717, 1.165) is 0 Å². The molecule has 1 aliphatic rings. The predicted octanol–water partition coefficient (Wildman–Crippen LogP) is 3.25. The molecule has 31 heavy (non-hydrogen) atoms. The minimum absolute atomic E-state index is 0.0486. The number of hydrogen-bond donors (Lipinski definition) is 0. The van der Waals surface area contributed by atoms with Crippen molar-refractivity contribution in [3.63, 3.8) is 0 Å². The summed E-state index contributed by atoms with van der Waals surface area (Å²) in [6.07, 6.45) is 4.45. The first-order chi connectivity index (χ1) is 14.2. The van der Waals surface area contributed by atoms with Crippen LogP contribution < -0.4 is 0 Å². The summed E-state index contributed by atoms with van der Waals surface area (Å²) in [6, 6.07) is -0.814. The maximum absolute atomic E-state index is 13.0. The van der Waals surface area contributed by atoms with Gasteiger partial charge in [-0.15, -0.1) is 0 Å². The molecule has 0 aromatic carbocycles. The number of esters is 2. The first-order valence-corrected chi connectivity index (χ1v) is 10.8. The molecule has 8 nitrogen and oxygen atoms in total. The lowest BCUT2D eigenvalue weighted by Crippen LogP contribution is -2.51. The van der Waals surface area contributed by atoms with Gasteiger partial charge in [-0.05, 0) is 68.5 Å². The van der Waals surface area contributed by atoms with Crippen molar-refractivity contribution in [1.82, 2.24) is 9.80 Å². The quantitative estimate of drug-likeness (QED) is 0.341. The van der Waals surface area contributed by atoms with Gasteiger partial charge in [0.05, 0.1) is 22.9 Å². The van der Waals surface area contributed by atoms with E-state index in [-0.39, 0.29) is 31.8 Å². The zero-order chi connectivity index (χ0) is 23.8. The molecule has 0 aromatic rings. The summed E-state index contributed by atoms with van der Waals surface area (Å²) in [5, 5.41) is 0. The summed E-state index contributed by atoms with van der Waals surface area (Å²) in [5.74, 6) is -0.672. The fourth-order valence-electron chi connectivity index (χ4n) is 2.79. The molecule has 0 aliphatic carbocycles. The van der Waals surface area contributed by atoms with Crippen molar-refractivity contribution in [2.75, 3.05) is 40.5 Å². The Kier molecular flexibility index (Phi) is 10.0. The highest BCUT2D eigenvalue weighted by molar-refractivity contribution is 5.76. The second-order valence-corrected chi connectivity index (χ2v) is 10.3. The standard InChI is InChI=1S/C23H40N2O6/c1-22(2,3)19(26)30-15-17-11-9-10-12-18(16-31-20(27)23(4,5)6)25(17)21(28)29-14-13-24(7)8/h9-10,17-18H,11-16H2,1-8H3/t17-,18+. The molecular formula is C23H40N2O6. The van der Waals surface area contributed by atoms with Crippen molar-refractivity contribution in [3.05, 3.63) is 12.2 Å². The Bertz CT molecular complexity index is 603. The van der Waals surface area contributed by atoms with Crippen molar-refractivity contribution in [2.24, 2.45) is 10.8 Å². The summed E-state index contributed by atoms with van der Waals surface area (Å²) in [7, 11) is 3.79. The van der Waals surface area contributed by atoms with Gasteiger partial charge in [0, 0.05) is 6.54 Å². The van der Waals surface area contributed by atoms with E-state index in [1.54, 1.807) is 46.4 Å². The maximum atomic E-state index is 13.0. The fraction of sp³-hybridized carbons (Fsp3) is 0.783. The Morgan fingerprint density at radius 1 is 0.839 bits per heavy atom. The van der Waals surface area contributed by atoms with Crippen molar-refractivity contribution < 1.29 is 28.6 Å². The molecule has 0 bridgehead atoms. The van der Waals surface area contributed by atoms with Gasteiger partial charge in [0.2, 0.25) is 0 Å². The third-order valence-corrected chi connectivity index (χ3v) is 4.78. The number of amides is 1. The lowest BCUT2D eigenvalue weighted by atomic mass is 9.97. The highest BCUT2D eigenvalue weighted by atomic mass is 16.6. The first kappa shape index (κ1) is 26.9. The molecule has 178 valence electrons. The second kappa shape index (κ2) is 11.5. The Balaban J connectivity index is 2.99. The Labute approximate surface area is 186 Å². The number of hydrogen-bond acceptors (Lipinski definition) is 7. The van der Waals surface area contributed by atoms with Gasteiger partial charge >= 0.3 is 18.0 Å². The van der Waals surface area contributed by atoms with Crippen LogP contribution in [0.2, 0.25) is 0 Å². The van der Waals surface area contributed by atoms with Gasteiger partial charge in [0.15, 0.2) is 0 Å². The zero-order valence-corrected chi connectivity index (χ0v) is 20.4. The zero-order valence-electron chi connectivity index (χ0n) is 20.4. The molecular weight excluding hydrogens is 400 g/mol. The van der Waals surface area contributed by atoms with E-state index in [1.165, 1.54) is 0 Å². The molecule has 0 saturated heterocycles. The molecule has 2 atom stereocenters. The molecule has 1 aliphatic heterocycles. The first-order valence-electron chi connectivity index (χ1n) is 10.8. The maximum Gasteiger partial charge on any atom is 0.410 e. The summed E-state index contributed by atoms with van der Waals surface area (Å²) in [5.41, 5.74) is -1.28. The van der Waals surface area contributed by atoms with E-state index in [9.17, 15) is 14.4 Å². The van der Waals surface area contributed by atoms with Gasteiger partial charge in [-0.1, -0.05) is 12.2 Å². The fourth-order valence-corrected chi connectivity index (χ4v) is 2.79. The highest BCUT2D eigenvalue weighted by Gasteiger charge is 2.36. The normalized spacial score (nSPS) is 19.7. The third kappa shape index (κ3) is 9.29. The van der Waals surface area contributed by atoms with E-state index >= 15 is 0 Å². The minimum Gasteiger partial charge on any atom is -0.463 e. The van der Waals surface area contributed by atoms with Crippen LogP contribution in [-0.4, -0.2) is 80.4 Å².